The maximum Gasteiger partial charge on any atom is 0.266 e. The van der Waals surface area contributed by atoms with E-state index in [0.29, 0.717) is 24.7 Å². The number of anilines is 1. The molecule has 2 aromatic carbocycles. The summed E-state index contributed by atoms with van der Waals surface area (Å²) in [4.78, 5) is 14.4. The van der Waals surface area contributed by atoms with Crippen LogP contribution >= 0.6 is 0 Å². The molecule has 0 radical (unpaired) electrons. The minimum absolute atomic E-state index is 0.00651. The van der Waals surface area contributed by atoms with Crippen molar-refractivity contribution in [1.29, 1.82) is 5.26 Å². The van der Waals surface area contributed by atoms with Gasteiger partial charge in [0.05, 0.1) is 4.90 Å². The molecule has 156 valence electrons. The number of amides is 1. The van der Waals surface area contributed by atoms with Crippen molar-refractivity contribution >= 4 is 21.6 Å². The second-order valence-corrected chi connectivity index (χ2v) is 8.87. The first kappa shape index (κ1) is 21.6. The van der Waals surface area contributed by atoms with E-state index >= 15 is 0 Å². The van der Waals surface area contributed by atoms with Crippen LogP contribution in [0.4, 0.5) is 5.69 Å². The maximum atomic E-state index is 12.7. The Kier molecular flexibility index (Phi) is 6.87. The summed E-state index contributed by atoms with van der Waals surface area (Å²) in [7, 11) is -3.76. The Hall–Kier alpha value is -3.15. The zero-order valence-corrected chi connectivity index (χ0v) is 17.3. The molecule has 0 aromatic heterocycles. The third kappa shape index (κ3) is 5.69. The summed E-state index contributed by atoms with van der Waals surface area (Å²) in [5.41, 5.74) is 1.86. The van der Waals surface area contributed by atoms with Crippen molar-refractivity contribution in [3.8, 4) is 6.07 Å². The normalized spacial score (nSPS) is 15.5. The van der Waals surface area contributed by atoms with E-state index in [1.807, 2.05) is 24.3 Å². The van der Waals surface area contributed by atoms with Gasteiger partial charge in [0.25, 0.3) is 5.91 Å². The highest BCUT2D eigenvalue weighted by Gasteiger charge is 2.25. The molecule has 30 heavy (non-hydrogen) atoms. The number of primary sulfonamides is 1. The van der Waals surface area contributed by atoms with E-state index in [0.717, 1.165) is 19.3 Å². The van der Waals surface area contributed by atoms with E-state index in [1.54, 1.807) is 4.90 Å². The van der Waals surface area contributed by atoms with Gasteiger partial charge < -0.3 is 10.2 Å². The van der Waals surface area contributed by atoms with Gasteiger partial charge in [0, 0.05) is 25.0 Å². The average Bonchev–Trinajstić information content (AvgIpc) is 2.75. The molecule has 1 saturated heterocycles. The van der Waals surface area contributed by atoms with Crippen LogP contribution in [0.5, 0.6) is 0 Å². The molecule has 1 amide bonds. The van der Waals surface area contributed by atoms with Crippen LogP contribution in [-0.2, 0) is 21.2 Å². The van der Waals surface area contributed by atoms with Crippen LogP contribution in [-0.4, -0.2) is 32.3 Å². The molecule has 0 atom stereocenters. The van der Waals surface area contributed by atoms with E-state index in [1.165, 1.54) is 36.0 Å². The lowest BCUT2D eigenvalue weighted by molar-refractivity contribution is -0.128. The molecule has 1 aliphatic rings. The van der Waals surface area contributed by atoms with Crippen LogP contribution in [0, 0.1) is 17.2 Å². The number of hydrogen-bond acceptors (Lipinski definition) is 5. The number of hydrogen-bond donors (Lipinski definition) is 2. The lowest BCUT2D eigenvalue weighted by atomic mass is 9.90. The summed E-state index contributed by atoms with van der Waals surface area (Å²) in [5.74, 6) is 0.228. The van der Waals surface area contributed by atoms with Crippen molar-refractivity contribution in [2.75, 3.05) is 18.4 Å². The Balaban J connectivity index is 1.56. The van der Waals surface area contributed by atoms with Crippen molar-refractivity contribution in [2.24, 2.45) is 11.1 Å². The van der Waals surface area contributed by atoms with Crippen molar-refractivity contribution in [3.05, 3.63) is 71.9 Å². The van der Waals surface area contributed by atoms with Crippen LogP contribution in [0.1, 0.15) is 18.4 Å². The van der Waals surface area contributed by atoms with Crippen LogP contribution in [0.15, 0.2) is 71.3 Å². The fourth-order valence-corrected chi connectivity index (χ4v) is 4.01. The molecule has 7 nitrogen and oxygen atoms in total. The smallest absolute Gasteiger partial charge is 0.266 e. The second kappa shape index (κ2) is 9.57. The second-order valence-electron chi connectivity index (χ2n) is 7.31. The molecule has 0 unspecified atom stereocenters. The average molecular weight is 425 g/mol. The first-order valence-corrected chi connectivity index (χ1v) is 11.2. The molecule has 1 fully saturated rings. The molecule has 1 heterocycles. The molecule has 1 aliphatic heterocycles. The summed E-state index contributed by atoms with van der Waals surface area (Å²) < 4.78 is 22.6. The van der Waals surface area contributed by atoms with Gasteiger partial charge in [-0.15, -0.1) is 0 Å². The Bertz CT molecular complexity index is 1050. The third-order valence-electron chi connectivity index (χ3n) is 5.19. The number of carbonyl (C=O) groups is 1. The number of sulfonamides is 1. The Morgan fingerprint density at radius 1 is 1.13 bits per heavy atom. The standard InChI is InChI=1S/C22H24N4O3S/c23-15-19(16-25-20-6-8-21(9-7-20)30(24,28)29)22(27)26-12-10-18(11-13-26)14-17-4-2-1-3-5-17/h1-9,16,18,25H,10-14H2,(H2,24,28,29)/b19-16-. The minimum atomic E-state index is -3.76. The first-order chi connectivity index (χ1) is 14.4. The predicted octanol–water partition coefficient (Wildman–Crippen LogP) is 2.63. The molecule has 0 bridgehead atoms. The molecule has 3 rings (SSSR count). The fraction of sp³-hybridized carbons (Fsp3) is 0.273. The molecule has 0 spiro atoms. The van der Waals surface area contributed by atoms with Crippen LogP contribution in [0.2, 0.25) is 0 Å². The van der Waals surface area contributed by atoms with Crippen LogP contribution < -0.4 is 10.5 Å². The van der Waals surface area contributed by atoms with Gasteiger partial charge in [-0.25, -0.2) is 13.6 Å². The van der Waals surface area contributed by atoms with Gasteiger partial charge >= 0.3 is 0 Å². The van der Waals surface area contributed by atoms with Crippen LogP contribution in [0.3, 0.4) is 0 Å². The summed E-state index contributed by atoms with van der Waals surface area (Å²) in [5, 5.41) is 17.3. The first-order valence-electron chi connectivity index (χ1n) is 9.69. The Labute approximate surface area is 176 Å². The lowest BCUT2D eigenvalue weighted by Gasteiger charge is -2.32. The van der Waals surface area contributed by atoms with E-state index in [9.17, 15) is 18.5 Å². The quantitative estimate of drug-likeness (QED) is 0.546. The molecular formula is C22H24N4O3S. The van der Waals surface area contributed by atoms with E-state index < -0.39 is 10.0 Å². The highest BCUT2D eigenvalue weighted by Crippen LogP contribution is 2.23. The molecular weight excluding hydrogens is 400 g/mol. The molecule has 3 N–H and O–H groups in total. The highest BCUT2D eigenvalue weighted by molar-refractivity contribution is 7.89. The SMILES string of the molecule is N#C/C(=C/Nc1ccc(S(N)(=O)=O)cc1)C(=O)N1CCC(Cc2ccccc2)CC1. The topological polar surface area (TPSA) is 116 Å². The van der Waals surface area contributed by atoms with Gasteiger partial charge in [-0.3, -0.25) is 4.79 Å². The zero-order chi connectivity index (χ0) is 21.6. The number of likely N-dealkylation sites (tertiary alicyclic amines) is 1. The van der Waals surface area contributed by atoms with Gasteiger partial charge in [-0.2, -0.15) is 5.26 Å². The summed E-state index contributed by atoms with van der Waals surface area (Å²) in [6.45, 7) is 1.25. The molecule has 8 heteroatoms. The summed E-state index contributed by atoms with van der Waals surface area (Å²) >= 11 is 0. The number of nitrogens with one attached hydrogen (secondary N) is 1. The predicted molar refractivity (Wildman–Crippen MR) is 115 cm³/mol. The number of rotatable bonds is 6. The fourth-order valence-electron chi connectivity index (χ4n) is 3.50. The number of piperidine rings is 1. The Morgan fingerprint density at radius 3 is 2.33 bits per heavy atom. The van der Waals surface area contributed by atoms with Crippen molar-refractivity contribution in [1.82, 2.24) is 4.90 Å². The molecule has 0 aliphatic carbocycles. The monoisotopic (exact) mass is 424 g/mol. The number of benzene rings is 2. The molecule has 0 saturated carbocycles. The Morgan fingerprint density at radius 2 is 1.77 bits per heavy atom. The largest absolute Gasteiger partial charge is 0.360 e. The van der Waals surface area contributed by atoms with Crippen LogP contribution in [0.25, 0.3) is 0 Å². The van der Waals surface area contributed by atoms with Gasteiger partial charge in [-0.05, 0) is 55.0 Å². The lowest BCUT2D eigenvalue weighted by Crippen LogP contribution is -2.39. The number of nitrogens with two attached hydrogens (primary N) is 1. The third-order valence-corrected chi connectivity index (χ3v) is 6.12. The van der Waals surface area contributed by atoms with Crippen molar-refractivity contribution in [3.63, 3.8) is 0 Å². The van der Waals surface area contributed by atoms with Gasteiger partial charge in [-0.1, -0.05) is 30.3 Å². The highest BCUT2D eigenvalue weighted by atomic mass is 32.2. The summed E-state index contributed by atoms with van der Waals surface area (Å²) in [6, 6.07) is 18.0. The minimum Gasteiger partial charge on any atom is -0.360 e. The van der Waals surface area contributed by atoms with E-state index in [2.05, 4.69) is 17.4 Å². The van der Waals surface area contributed by atoms with Gasteiger partial charge in [0.1, 0.15) is 11.6 Å². The number of nitriles is 1. The number of nitrogens with zero attached hydrogens (tertiary/aromatic N) is 2. The zero-order valence-electron chi connectivity index (χ0n) is 16.5. The van der Waals surface area contributed by atoms with Gasteiger partial charge in [0.15, 0.2) is 0 Å². The maximum absolute atomic E-state index is 12.7. The van der Waals surface area contributed by atoms with E-state index in [-0.39, 0.29) is 16.4 Å². The summed E-state index contributed by atoms with van der Waals surface area (Å²) in [6.07, 6.45) is 4.16. The number of carbonyl (C=O) groups excluding carboxylic acids is 1. The van der Waals surface area contributed by atoms with Crippen molar-refractivity contribution in [2.45, 2.75) is 24.2 Å². The molecule has 2 aromatic rings. The van der Waals surface area contributed by atoms with Gasteiger partial charge in [0.2, 0.25) is 10.0 Å². The van der Waals surface area contributed by atoms with Crippen molar-refractivity contribution < 1.29 is 13.2 Å². The van der Waals surface area contributed by atoms with E-state index in [4.69, 9.17) is 5.14 Å².